The molecule has 2 aromatic rings. The molecule has 0 bridgehead atoms. The molecular formula is C14H12BrNO2S. The highest BCUT2D eigenvalue weighted by Crippen LogP contribution is 2.42. The molecule has 0 saturated heterocycles. The fourth-order valence-corrected chi connectivity index (χ4v) is 3.99. The maximum Gasteiger partial charge on any atom is 0.348 e. The molecule has 0 aliphatic carbocycles. The number of benzene rings is 1. The predicted octanol–water partition coefficient (Wildman–Crippen LogP) is 3.99. The second kappa shape index (κ2) is 4.98. The maximum atomic E-state index is 11.6. The van der Waals surface area contributed by atoms with Crippen molar-refractivity contribution in [2.45, 2.75) is 6.42 Å². The lowest BCUT2D eigenvalue weighted by molar-refractivity contribution is 0.0606. The van der Waals surface area contributed by atoms with Gasteiger partial charge in [-0.1, -0.05) is 18.2 Å². The lowest BCUT2D eigenvalue weighted by Gasteiger charge is -2.18. The molecule has 1 aromatic heterocycles. The average molecular weight is 338 g/mol. The summed E-state index contributed by atoms with van der Waals surface area (Å²) in [6.07, 6.45) is 1.03. The van der Waals surface area contributed by atoms with Gasteiger partial charge in [0.25, 0.3) is 0 Å². The third kappa shape index (κ3) is 2.17. The van der Waals surface area contributed by atoms with E-state index in [1.165, 1.54) is 29.7 Å². The number of carbonyl (C=O) groups excluding carboxylic acids is 1. The molecular weight excluding hydrogens is 326 g/mol. The Hall–Kier alpha value is -1.33. The predicted molar refractivity (Wildman–Crippen MR) is 80.5 cm³/mol. The Morgan fingerprint density at radius 1 is 1.37 bits per heavy atom. The largest absolute Gasteiger partial charge is 0.465 e. The molecule has 1 aliphatic heterocycles. The molecule has 0 N–H and O–H groups in total. The van der Waals surface area contributed by atoms with E-state index in [2.05, 4.69) is 39.0 Å². The van der Waals surface area contributed by atoms with E-state index in [0.717, 1.165) is 22.4 Å². The van der Waals surface area contributed by atoms with E-state index in [1.54, 1.807) is 0 Å². The van der Waals surface area contributed by atoms with Gasteiger partial charge < -0.3 is 9.64 Å². The van der Waals surface area contributed by atoms with Crippen LogP contribution >= 0.6 is 27.3 Å². The van der Waals surface area contributed by atoms with Gasteiger partial charge in [-0.15, -0.1) is 11.3 Å². The van der Waals surface area contributed by atoms with Gasteiger partial charge >= 0.3 is 5.97 Å². The summed E-state index contributed by atoms with van der Waals surface area (Å²) in [5, 5.41) is 0. The Kier molecular flexibility index (Phi) is 3.33. The highest BCUT2D eigenvalue weighted by molar-refractivity contribution is 9.11. The van der Waals surface area contributed by atoms with E-state index in [-0.39, 0.29) is 5.97 Å². The molecule has 3 rings (SSSR count). The van der Waals surface area contributed by atoms with Crippen LogP contribution in [0.2, 0.25) is 0 Å². The number of hydrogen-bond donors (Lipinski definition) is 0. The van der Waals surface area contributed by atoms with Crippen LogP contribution in [0.5, 0.6) is 0 Å². The molecule has 1 aromatic carbocycles. The number of carbonyl (C=O) groups is 1. The Bertz CT molecular complexity index is 638. The molecule has 0 amide bonds. The van der Waals surface area contributed by atoms with E-state index in [9.17, 15) is 4.79 Å². The quantitative estimate of drug-likeness (QED) is 0.776. The molecule has 0 fully saturated rings. The molecule has 98 valence electrons. The van der Waals surface area contributed by atoms with Gasteiger partial charge in [0.05, 0.1) is 16.6 Å². The van der Waals surface area contributed by atoms with Crippen molar-refractivity contribution in [2.24, 2.45) is 0 Å². The second-order valence-electron chi connectivity index (χ2n) is 4.29. The van der Waals surface area contributed by atoms with Crippen molar-refractivity contribution in [3.05, 3.63) is 44.6 Å². The lowest BCUT2D eigenvalue weighted by Crippen LogP contribution is -2.12. The van der Waals surface area contributed by atoms with Crippen molar-refractivity contribution in [1.29, 1.82) is 0 Å². The van der Waals surface area contributed by atoms with Crippen molar-refractivity contribution < 1.29 is 9.53 Å². The Balaban J connectivity index is 2.00. The number of nitrogens with zero attached hydrogens (tertiary/aromatic N) is 1. The monoisotopic (exact) mass is 337 g/mol. The number of ether oxygens (including phenoxy) is 1. The SMILES string of the molecule is COC(=O)c1cc(N2CCc3ccccc32)c(Br)s1. The van der Waals surface area contributed by atoms with Crippen molar-refractivity contribution >= 4 is 44.6 Å². The zero-order valence-corrected chi connectivity index (χ0v) is 12.8. The summed E-state index contributed by atoms with van der Waals surface area (Å²) in [5.74, 6) is -0.288. The number of halogens is 1. The van der Waals surface area contributed by atoms with Crippen molar-refractivity contribution in [3.8, 4) is 0 Å². The van der Waals surface area contributed by atoms with Crippen LogP contribution in [0, 0.1) is 0 Å². The fourth-order valence-electron chi connectivity index (χ4n) is 2.33. The first-order chi connectivity index (χ1) is 9.20. The second-order valence-corrected chi connectivity index (χ2v) is 6.66. The van der Waals surface area contributed by atoms with Crippen LogP contribution < -0.4 is 4.90 Å². The topological polar surface area (TPSA) is 29.5 Å². The third-order valence-corrected chi connectivity index (χ3v) is 5.02. The van der Waals surface area contributed by atoms with Crippen LogP contribution in [-0.4, -0.2) is 19.6 Å². The van der Waals surface area contributed by atoms with Crippen LogP contribution in [0.25, 0.3) is 0 Å². The Labute approximate surface area is 123 Å². The normalized spacial score (nSPS) is 13.5. The van der Waals surface area contributed by atoms with E-state index >= 15 is 0 Å². The summed E-state index contributed by atoms with van der Waals surface area (Å²) in [4.78, 5) is 14.4. The molecule has 2 heterocycles. The summed E-state index contributed by atoms with van der Waals surface area (Å²) >= 11 is 4.95. The zero-order valence-electron chi connectivity index (χ0n) is 10.4. The van der Waals surface area contributed by atoms with Crippen LogP contribution in [0.4, 0.5) is 11.4 Å². The molecule has 0 saturated carbocycles. The third-order valence-electron chi connectivity index (χ3n) is 3.23. The van der Waals surface area contributed by atoms with Gasteiger partial charge in [0, 0.05) is 12.2 Å². The zero-order chi connectivity index (χ0) is 13.4. The average Bonchev–Trinajstić information content (AvgIpc) is 3.01. The van der Waals surface area contributed by atoms with Gasteiger partial charge in [-0.05, 0) is 40.0 Å². The smallest absolute Gasteiger partial charge is 0.348 e. The summed E-state index contributed by atoms with van der Waals surface area (Å²) in [5.41, 5.74) is 3.60. The minimum atomic E-state index is -0.288. The standard InChI is InChI=1S/C14H12BrNO2S/c1-18-14(17)12-8-11(13(15)19-12)16-7-6-9-4-2-3-5-10(9)16/h2-5,8H,6-7H2,1H3. The molecule has 1 aliphatic rings. The van der Waals surface area contributed by atoms with Gasteiger partial charge in [0.2, 0.25) is 0 Å². The van der Waals surface area contributed by atoms with E-state index in [1.807, 2.05) is 12.1 Å². The molecule has 0 unspecified atom stereocenters. The first-order valence-corrected chi connectivity index (χ1v) is 7.54. The number of hydrogen-bond acceptors (Lipinski definition) is 4. The molecule has 0 radical (unpaired) electrons. The van der Waals surface area contributed by atoms with Gasteiger partial charge in [-0.25, -0.2) is 4.79 Å². The van der Waals surface area contributed by atoms with Crippen LogP contribution in [-0.2, 0) is 11.2 Å². The summed E-state index contributed by atoms with van der Waals surface area (Å²) in [7, 11) is 1.40. The van der Waals surface area contributed by atoms with Gasteiger partial charge in [-0.2, -0.15) is 0 Å². The number of esters is 1. The number of thiophene rings is 1. The highest BCUT2D eigenvalue weighted by atomic mass is 79.9. The number of para-hydroxylation sites is 1. The first-order valence-electron chi connectivity index (χ1n) is 5.94. The highest BCUT2D eigenvalue weighted by Gasteiger charge is 2.24. The van der Waals surface area contributed by atoms with Crippen molar-refractivity contribution in [1.82, 2.24) is 0 Å². The van der Waals surface area contributed by atoms with E-state index < -0.39 is 0 Å². The number of rotatable bonds is 2. The lowest BCUT2D eigenvalue weighted by atomic mass is 10.2. The van der Waals surface area contributed by atoms with E-state index in [0.29, 0.717) is 4.88 Å². The molecule has 19 heavy (non-hydrogen) atoms. The molecule has 3 nitrogen and oxygen atoms in total. The minimum Gasteiger partial charge on any atom is -0.465 e. The maximum absolute atomic E-state index is 11.6. The summed E-state index contributed by atoms with van der Waals surface area (Å²) in [6.45, 7) is 0.940. The van der Waals surface area contributed by atoms with Crippen LogP contribution in [0.15, 0.2) is 34.1 Å². The fraction of sp³-hybridized carbons (Fsp3) is 0.214. The summed E-state index contributed by atoms with van der Waals surface area (Å²) in [6, 6.07) is 10.3. The van der Waals surface area contributed by atoms with Gasteiger partial charge in [0.15, 0.2) is 0 Å². The summed E-state index contributed by atoms with van der Waals surface area (Å²) < 4.78 is 5.73. The molecule has 0 atom stereocenters. The van der Waals surface area contributed by atoms with Crippen LogP contribution in [0.1, 0.15) is 15.2 Å². The first kappa shape index (κ1) is 12.7. The van der Waals surface area contributed by atoms with Gasteiger partial charge in [-0.3, -0.25) is 0 Å². The van der Waals surface area contributed by atoms with E-state index in [4.69, 9.17) is 4.74 Å². The molecule has 0 spiro atoms. The Morgan fingerprint density at radius 2 is 2.16 bits per heavy atom. The molecule has 5 heteroatoms. The van der Waals surface area contributed by atoms with Crippen molar-refractivity contribution in [2.75, 3.05) is 18.6 Å². The number of anilines is 2. The minimum absolute atomic E-state index is 0.288. The van der Waals surface area contributed by atoms with Crippen LogP contribution in [0.3, 0.4) is 0 Å². The van der Waals surface area contributed by atoms with Gasteiger partial charge in [0.1, 0.15) is 4.88 Å². The number of fused-ring (bicyclic) bond motifs is 1. The Morgan fingerprint density at radius 3 is 2.95 bits per heavy atom. The number of methoxy groups -OCH3 is 1. The van der Waals surface area contributed by atoms with Crippen molar-refractivity contribution in [3.63, 3.8) is 0 Å².